The highest BCUT2D eigenvalue weighted by molar-refractivity contribution is 5.80. The zero-order chi connectivity index (χ0) is 12.0. The van der Waals surface area contributed by atoms with Gasteiger partial charge >= 0.3 is 0 Å². The van der Waals surface area contributed by atoms with Crippen LogP contribution in [0.5, 0.6) is 0 Å². The van der Waals surface area contributed by atoms with Gasteiger partial charge < -0.3 is 10.0 Å². The Labute approximate surface area is 102 Å². The molecule has 1 N–H and O–H groups in total. The average Bonchev–Trinajstić information content (AvgIpc) is 3.02. The molecule has 1 amide bonds. The second-order valence-electron chi connectivity index (χ2n) is 5.90. The van der Waals surface area contributed by atoms with Crippen molar-refractivity contribution in [3.05, 3.63) is 12.2 Å². The number of amides is 1. The van der Waals surface area contributed by atoms with Crippen LogP contribution in [0.4, 0.5) is 0 Å². The van der Waals surface area contributed by atoms with Gasteiger partial charge in [0.1, 0.15) is 0 Å². The summed E-state index contributed by atoms with van der Waals surface area (Å²) in [5.74, 6) is 1.54. The fourth-order valence-electron chi connectivity index (χ4n) is 3.86. The lowest BCUT2D eigenvalue weighted by atomic mass is 9.91. The first kappa shape index (κ1) is 11.3. The number of likely N-dealkylation sites (N-methyl/N-ethyl adjacent to an activating group) is 1. The molecule has 0 spiro atoms. The summed E-state index contributed by atoms with van der Waals surface area (Å²) in [6.45, 7) is 0. The van der Waals surface area contributed by atoms with E-state index in [0.29, 0.717) is 11.8 Å². The normalized spacial score (nSPS) is 43.3. The van der Waals surface area contributed by atoms with Crippen LogP contribution in [0, 0.1) is 17.8 Å². The highest BCUT2D eigenvalue weighted by atomic mass is 16.3. The number of fused-ring (bicyclic) bond motifs is 2. The van der Waals surface area contributed by atoms with E-state index in [0.717, 1.165) is 32.1 Å². The molecule has 5 unspecified atom stereocenters. The van der Waals surface area contributed by atoms with Crippen LogP contribution in [-0.2, 0) is 4.79 Å². The molecule has 0 aromatic heterocycles. The Kier molecular flexibility index (Phi) is 2.74. The average molecular weight is 235 g/mol. The predicted molar refractivity (Wildman–Crippen MR) is 65.3 cm³/mol. The SMILES string of the molecule is CN(C(=O)C1CC2C=CC1C2)C1CCCC1O. The molecular weight excluding hydrogens is 214 g/mol. The molecular formula is C14H21NO2. The van der Waals surface area contributed by atoms with Gasteiger partial charge in [-0.1, -0.05) is 12.2 Å². The monoisotopic (exact) mass is 235 g/mol. The molecule has 0 heterocycles. The third-order valence-corrected chi connectivity index (χ3v) is 4.89. The summed E-state index contributed by atoms with van der Waals surface area (Å²) in [7, 11) is 1.87. The second kappa shape index (κ2) is 4.13. The van der Waals surface area contributed by atoms with Crippen LogP contribution in [0.25, 0.3) is 0 Å². The standard InChI is InChI=1S/C14H21NO2/c1-15(12-3-2-4-13(12)16)14(17)11-8-9-5-6-10(11)7-9/h5-6,9-13,16H,2-4,7-8H2,1H3. The van der Waals surface area contributed by atoms with Crippen molar-refractivity contribution in [1.82, 2.24) is 4.90 Å². The lowest BCUT2D eigenvalue weighted by molar-refractivity contribution is -0.138. The third kappa shape index (κ3) is 1.81. The number of rotatable bonds is 2. The number of aliphatic hydroxyl groups excluding tert-OH is 1. The van der Waals surface area contributed by atoms with Crippen molar-refractivity contribution in [2.24, 2.45) is 17.8 Å². The fraction of sp³-hybridized carbons (Fsp3) is 0.786. The third-order valence-electron chi connectivity index (χ3n) is 4.89. The van der Waals surface area contributed by atoms with Crippen molar-refractivity contribution >= 4 is 5.91 Å². The molecule has 94 valence electrons. The molecule has 3 aliphatic carbocycles. The number of hydrogen-bond acceptors (Lipinski definition) is 2. The van der Waals surface area contributed by atoms with Gasteiger partial charge in [0.05, 0.1) is 12.1 Å². The van der Waals surface area contributed by atoms with Gasteiger partial charge in [-0.15, -0.1) is 0 Å². The van der Waals surface area contributed by atoms with Gasteiger partial charge in [-0.2, -0.15) is 0 Å². The van der Waals surface area contributed by atoms with Crippen LogP contribution < -0.4 is 0 Å². The van der Waals surface area contributed by atoms with Crippen molar-refractivity contribution < 1.29 is 9.90 Å². The van der Waals surface area contributed by atoms with Crippen molar-refractivity contribution in [1.29, 1.82) is 0 Å². The molecule has 0 radical (unpaired) electrons. The predicted octanol–water partition coefficient (Wildman–Crippen LogP) is 1.57. The number of carbonyl (C=O) groups is 1. The van der Waals surface area contributed by atoms with Gasteiger partial charge in [0.2, 0.25) is 5.91 Å². The van der Waals surface area contributed by atoms with E-state index < -0.39 is 0 Å². The van der Waals surface area contributed by atoms with Crippen LogP contribution >= 0.6 is 0 Å². The smallest absolute Gasteiger partial charge is 0.226 e. The number of aliphatic hydroxyl groups is 1. The molecule has 3 rings (SSSR count). The molecule has 3 aliphatic rings. The van der Waals surface area contributed by atoms with E-state index in [1.807, 2.05) is 11.9 Å². The van der Waals surface area contributed by atoms with Gasteiger partial charge in [0, 0.05) is 13.0 Å². The first-order valence-corrected chi connectivity index (χ1v) is 6.80. The van der Waals surface area contributed by atoms with E-state index in [-0.39, 0.29) is 24.0 Å². The molecule has 5 atom stereocenters. The highest BCUT2D eigenvalue weighted by Gasteiger charge is 2.43. The van der Waals surface area contributed by atoms with Crippen LogP contribution in [0.15, 0.2) is 12.2 Å². The van der Waals surface area contributed by atoms with E-state index in [9.17, 15) is 9.90 Å². The quantitative estimate of drug-likeness (QED) is 0.738. The molecule has 0 aliphatic heterocycles. The summed E-state index contributed by atoms with van der Waals surface area (Å²) in [5.41, 5.74) is 0. The van der Waals surface area contributed by atoms with Gasteiger partial charge in [-0.05, 0) is 43.9 Å². The van der Waals surface area contributed by atoms with Gasteiger partial charge in [0.25, 0.3) is 0 Å². The zero-order valence-corrected chi connectivity index (χ0v) is 10.4. The number of hydrogen-bond donors (Lipinski definition) is 1. The Morgan fingerprint density at radius 2 is 2.12 bits per heavy atom. The number of allylic oxidation sites excluding steroid dienone is 2. The summed E-state index contributed by atoms with van der Waals surface area (Å²) in [6.07, 6.45) is 9.20. The van der Waals surface area contributed by atoms with E-state index in [1.165, 1.54) is 0 Å². The number of carbonyl (C=O) groups excluding carboxylic acids is 1. The van der Waals surface area contributed by atoms with Gasteiger partial charge in [-0.25, -0.2) is 0 Å². The van der Waals surface area contributed by atoms with Crippen LogP contribution in [0.2, 0.25) is 0 Å². The summed E-state index contributed by atoms with van der Waals surface area (Å²) < 4.78 is 0. The van der Waals surface area contributed by atoms with E-state index in [4.69, 9.17) is 0 Å². The molecule has 3 nitrogen and oxygen atoms in total. The summed E-state index contributed by atoms with van der Waals surface area (Å²) in [5, 5.41) is 9.88. The van der Waals surface area contributed by atoms with Crippen molar-refractivity contribution in [2.45, 2.75) is 44.2 Å². The minimum atomic E-state index is -0.307. The Morgan fingerprint density at radius 1 is 1.29 bits per heavy atom. The maximum absolute atomic E-state index is 12.4. The molecule has 2 fully saturated rings. The van der Waals surface area contributed by atoms with Gasteiger partial charge in [-0.3, -0.25) is 4.79 Å². The van der Waals surface area contributed by atoms with Crippen LogP contribution in [0.1, 0.15) is 32.1 Å². The van der Waals surface area contributed by atoms with Crippen molar-refractivity contribution in [3.63, 3.8) is 0 Å². The highest BCUT2D eigenvalue weighted by Crippen LogP contribution is 2.44. The first-order valence-electron chi connectivity index (χ1n) is 6.80. The fourth-order valence-corrected chi connectivity index (χ4v) is 3.86. The minimum Gasteiger partial charge on any atom is -0.391 e. The molecule has 0 aromatic rings. The summed E-state index contributed by atoms with van der Waals surface area (Å²) in [4.78, 5) is 14.3. The Bertz CT molecular complexity index is 352. The molecule has 2 bridgehead atoms. The van der Waals surface area contributed by atoms with Gasteiger partial charge in [0.15, 0.2) is 0 Å². The molecule has 2 saturated carbocycles. The summed E-state index contributed by atoms with van der Waals surface area (Å²) in [6, 6.07) is 0.0607. The van der Waals surface area contributed by atoms with E-state index in [2.05, 4.69) is 12.2 Å². The number of nitrogens with zero attached hydrogens (tertiary/aromatic N) is 1. The van der Waals surface area contributed by atoms with Crippen molar-refractivity contribution in [2.75, 3.05) is 7.05 Å². The Hall–Kier alpha value is -0.830. The van der Waals surface area contributed by atoms with E-state index >= 15 is 0 Å². The van der Waals surface area contributed by atoms with Crippen LogP contribution in [0.3, 0.4) is 0 Å². The Balaban J connectivity index is 1.68. The van der Waals surface area contributed by atoms with Crippen LogP contribution in [-0.4, -0.2) is 35.1 Å². The lowest BCUT2D eigenvalue weighted by Crippen LogP contribution is -2.45. The minimum absolute atomic E-state index is 0.0607. The molecule has 0 saturated heterocycles. The van der Waals surface area contributed by atoms with E-state index in [1.54, 1.807) is 0 Å². The molecule has 17 heavy (non-hydrogen) atoms. The maximum atomic E-state index is 12.4. The second-order valence-corrected chi connectivity index (χ2v) is 5.90. The van der Waals surface area contributed by atoms with Crippen molar-refractivity contribution in [3.8, 4) is 0 Å². The summed E-state index contributed by atoms with van der Waals surface area (Å²) >= 11 is 0. The largest absolute Gasteiger partial charge is 0.391 e. The molecule has 0 aromatic carbocycles. The topological polar surface area (TPSA) is 40.5 Å². The zero-order valence-electron chi connectivity index (χ0n) is 10.4. The maximum Gasteiger partial charge on any atom is 0.226 e. The molecule has 3 heteroatoms. The lowest BCUT2D eigenvalue weighted by Gasteiger charge is -2.31. The Morgan fingerprint density at radius 3 is 2.65 bits per heavy atom. The first-order chi connectivity index (χ1) is 8.16.